The van der Waals surface area contributed by atoms with Gasteiger partial charge in [-0.25, -0.2) is 9.97 Å². The van der Waals surface area contributed by atoms with Crippen LogP contribution in [0.2, 0.25) is 5.02 Å². The smallest absolute Gasteiger partial charge is 0.180 e. The van der Waals surface area contributed by atoms with Gasteiger partial charge in [0.15, 0.2) is 6.39 Å². The Hall–Kier alpha value is -2.44. The van der Waals surface area contributed by atoms with Crippen LogP contribution in [-0.2, 0) is 11.2 Å². The van der Waals surface area contributed by atoms with Crippen molar-refractivity contribution in [3.05, 3.63) is 53.6 Å². The first-order chi connectivity index (χ1) is 13.2. The molecule has 0 aliphatic carbocycles. The van der Waals surface area contributed by atoms with Gasteiger partial charge in [-0.1, -0.05) is 11.6 Å². The molecule has 0 N–H and O–H groups in total. The lowest BCUT2D eigenvalue weighted by atomic mass is 10.0. The number of hydrogen-bond donors (Lipinski definition) is 0. The van der Waals surface area contributed by atoms with Gasteiger partial charge in [0.05, 0.1) is 36.0 Å². The monoisotopic (exact) mass is 382 g/mol. The molecular formula is C20H19ClN4O2. The summed E-state index contributed by atoms with van der Waals surface area (Å²) < 4.78 is 13.6. The van der Waals surface area contributed by atoms with Gasteiger partial charge in [0, 0.05) is 23.1 Å². The first kappa shape index (κ1) is 16.7. The zero-order chi connectivity index (χ0) is 18.4. The second-order valence-electron chi connectivity index (χ2n) is 7.06. The van der Waals surface area contributed by atoms with E-state index in [1.165, 1.54) is 6.39 Å². The first-order valence-corrected chi connectivity index (χ1v) is 9.51. The molecule has 1 aromatic carbocycles. The number of pyridine rings is 1. The molecule has 3 aromatic heterocycles. The number of rotatable bonds is 3. The zero-order valence-electron chi connectivity index (χ0n) is 14.9. The summed E-state index contributed by atoms with van der Waals surface area (Å²) in [5.74, 6) is 1.75. The van der Waals surface area contributed by atoms with Crippen molar-refractivity contribution in [2.75, 3.05) is 6.61 Å². The van der Waals surface area contributed by atoms with Crippen LogP contribution in [0.25, 0.3) is 21.9 Å². The molecule has 0 saturated carbocycles. The Bertz CT molecular complexity index is 1110. The fourth-order valence-corrected chi connectivity index (χ4v) is 4.18. The number of hydrogen-bond acceptors (Lipinski definition) is 5. The number of aromatic nitrogens is 4. The van der Waals surface area contributed by atoms with Crippen LogP contribution < -0.4 is 0 Å². The Balaban J connectivity index is 1.76. The SMILES string of the molecule is C[C@@H]1CC(n2c(Cc3cnco3)nc3cnc4ccc(Cl)cc4c32)CCO1. The molecule has 1 saturated heterocycles. The highest BCUT2D eigenvalue weighted by molar-refractivity contribution is 6.31. The van der Waals surface area contributed by atoms with Crippen molar-refractivity contribution in [3.8, 4) is 0 Å². The lowest BCUT2D eigenvalue weighted by Gasteiger charge is -2.30. The quantitative estimate of drug-likeness (QED) is 0.519. The predicted octanol–water partition coefficient (Wildman–Crippen LogP) is 4.56. The standard InChI is InChI=1S/C20H19ClN4O2/c1-12-6-14(4-5-26-12)25-19(8-15-9-22-11-27-15)24-18-10-23-17-3-2-13(21)7-16(17)20(18)25/h2-3,7,9-12,14H,4-6,8H2,1H3/t12-,14?/m1/s1. The third-order valence-corrected chi connectivity index (χ3v) is 5.42. The molecule has 1 aliphatic rings. The minimum absolute atomic E-state index is 0.219. The van der Waals surface area contributed by atoms with Crippen molar-refractivity contribution in [1.82, 2.24) is 19.5 Å². The minimum Gasteiger partial charge on any atom is -0.448 e. The molecule has 6 nitrogen and oxygen atoms in total. The van der Waals surface area contributed by atoms with E-state index in [1.807, 2.05) is 24.4 Å². The highest BCUT2D eigenvalue weighted by atomic mass is 35.5. The van der Waals surface area contributed by atoms with Gasteiger partial charge >= 0.3 is 0 Å². The summed E-state index contributed by atoms with van der Waals surface area (Å²) in [6.45, 7) is 2.87. The third-order valence-electron chi connectivity index (χ3n) is 5.19. The summed E-state index contributed by atoms with van der Waals surface area (Å²) in [6, 6.07) is 6.11. The second kappa shape index (κ2) is 6.62. The summed E-state index contributed by atoms with van der Waals surface area (Å²) in [5.41, 5.74) is 2.87. The van der Waals surface area contributed by atoms with E-state index in [9.17, 15) is 0 Å². The Labute approximate surface area is 161 Å². The number of benzene rings is 1. The Kier molecular flexibility index (Phi) is 4.10. The number of imidazole rings is 1. The molecule has 0 amide bonds. The van der Waals surface area contributed by atoms with E-state index < -0.39 is 0 Å². The molecule has 0 spiro atoms. The lowest BCUT2D eigenvalue weighted by molar-refractivity contribution is 0.00629. The zero-order valence-corrected chi connectivity index (χ0v) is 15.7. The molecular weight excluding hydrogens is 364 g/mol. The summed E-state index contributed by atoms with van der Waals surface area (Å²) >= 11 is 6.30. The first-order valence-electron chi connectivity index (χ1n) is 9.13. The van der Waals surface area contributed by atoms with E-state index in [0.29, 0.717) is 17.5 Å². The Morgan fingerprint density at radius 1 is 1.26 bits per heavy atom. The molecule has 1 unspecified atom stereocenters. The maximum Gasteiger partial charge on any atom is 0.180 e. The normalized spacial score (nSPS) is 20.5. The van der Waals surface area contributed by atoms with Gasteiger partial charge < -0.3 is 13.7 Å². The average molecular weight is 383 g/mol. The fraction of sp³-hybridized carbons (Fsp3) is 0.350. The van der Waals surface area contributed by atoms with Gasteiger partial charge in [-0.3, -0.25) is 4.98 Å². The summed E-state index contributed by atoms with van der Waals surface area (Å²) in [5, 5.41) is 1.72. The van der Waals surface area contributed by atoms with Gasteiger partial charge in [0.1, 0.15) is 17.1 Å². The highest BCUT2D eigenvalue weighted by Gasteiger charge is 2.26. The molecule has 138 valence electrons. The number of fused-ring (bicyclic) bond motifs is 3. The van der Waals surface area contributed by atoms with Crippen LogP contribution in [0.4, 0.5) is 0 Å². The van der Waals surface area contributed by atoms with Crippen LogP contribution in [0.3, 0.4) is 0 Å². The molecule has 7 heteroatoms. The van der Waals surface area contributed by atoms with Gasteiger partial charge in [0.25, 0.3) is 0 Å². The van der Waals surface area contributed by atoms with Crippen LogP contribution >= 0.6 is 11.6 Å². The van der Waals surface area contributed by atoms with Crippen molar-refractivity contribution in [2.45, 2.75) is 38.3 Å². The van der Waals surface area contributed by atoms with E-state index in [2.05, 4.69) is 21.5 Å². The van der Waals surface area contributed by atoms with Crippen LogP contribution in [0, 0.1) is 0 Å². The van der Waals surface area contributed by atoms with Crippen molar-refractivity contribution in [3.63, 3.8) is 0 Å². The maximum atomic E-state index is 6.30. The summed E-state index contributed by atoms with van der Waals surface area (Å²) in [4.78, 5) is 13.5. The van der Waals surface area contributed by atoms with Gasteiger partial charge in [0.2, 0.25) is 0 Å². The van der Waals surface area contributed by atoms with E-state index in [4.69, 9.17) is 25.7 Å². The van der Waals surface area contributed by atoms with Gasteiger partial charge in [-0.15, -0.1) is 0 Å². The fourth-order valence-electron chi connectivity index (χ4n) is 4.01. The van der Waals surface area contributed by atoms with Crippen molar-refractivity contribution >= 4 is 33.5 Å². The van der Waals surface area contributed by atoms with E-state index in [1.54, 1.807) is 6.20 Å². The van der Waals surface area contributed by atoms with Crippen molar-refractivity contribution < 1.29 is 9.15 Å². The molecule has 1 fully saturated rings. The Morgan fingerprint density at radius 2 is 2.19 bits per heavy atom. The van der Waals surface area contributed by atoms with Gasteiger partial charge in [-0.05, 0) is 38.0 Å². The van der Waals surface area contributed by atoms with E-state index >= 15 is 0 Å². The molecule has 4 aromatic rings. The summed E-state index contributed by atoms with van der Waals surface area (Å²) in [6.07, 6.45) is 7.73. The molecule has 2 atom stereocenters. The topological polar surface area (TPSA) is 66.0 Å². The van der Waals surface area contributed by atoms with E-state index in [-0.39, 0.29) is 6.10 Å². The Morgan fingerprint density at radius 3 is 3.00 bits per heavy atom. The number of halogens is 1. The molecule has 0 radical (unpaired) electrons. The average Bonchev–Trinajstić information content (AvgIpc) is 3.29. The van der Waals surface area contributed by atoms with Crippen molar-refractivity contribution in [1.29, 1.82) is 0 Å². The van der Waals surface area contributed by atoms with Crippen LogP contribution in [0.1, 0.15) is 37.4 Å². The minimum atomic E-state index is 0.219. The van der Waals surface area contributed by atoms with Crippen LogP contribution in [0.5, 0.6) is 0 Å². The number of oxazole rings is 1. The maximum absolute atomic E-state index is 6.30. The largest absolute Gasteiger partial charge is 0.448 e. The third kappa shape index (κ3) is 2.99. The molecule has 0 bridgehead atoms. The highest BCUT2D eigenvalue weighted by Crippen LogP contribution is 2.34. The van der Waals surface area contributed by atoms with Crippen LogP contribution in [0.15, 0.2) is 41.4 Å². The molecule has 5 rings (SSSR count). The number of nitrogens with zero attached hydrogens (tertiary/aromatic N) is 4. The number of ether oxygens (including phenoxy) is 1. The molecule has 4 heterocycles. The van der Waals surface area contributed by atoms with Gasteiger partial charge in [-0.2, -0.15) is 0 Å². The molecule has 27 heavy (non-hydrogen) atoms. The second-order valence-corrected chi connectivity index (χ2v) is 7.49. The van der Waals surface area contributed by atoms with Crippen LogP contribution in [-0.4, -0.2) is 32.2 Å². The van der Waals surface area contributed by atoms with Crippen molar-refractivity contribution in [2.24, 2.45) is 0 Å². The van der Waals surface area contributed by atoms with E-state index in [0.717, 1.165) is 53.0 Å². The lowest BCUT2D eigenvalue weighted by Crippen LogP contribution is -2.26. The predicted molar refractivity (Wildman–Crippen MR) is 103 cm³/mol. The summed E-state index contributed by atoms with van der Waals surface area (Å²) in [7, 11) is 0. The molecule has 1 aliphatic heterocycles.